The molecule has 0 saturated carbocycles. The highest BCUT2D eigenvalue weighted by molar-refractivity contribution is 7.99. The van der Waals surface area contributed by atoms with Gasteiger partial charge in [0, 0.05) is 30.7 Å². The van der Waals surface area contributed by atoms with E-state index < -0.39 is 10.0 Å². The summed E-state index contributed by atoms with van der Waals surface area (Å²) in [5, 5.41) is 0.695. The zero-order chi connectivity index (χ0) is 21.0. The molecule has 3 rings (SSSR count). The average Bonchev–Trinajstić information content (AvgIpc) is 2.68. The lowest BCUT2D eigenvalue weighted by atomic mass is 9.98. The van der Waals surface area contributed by atoms with Gasteiger partial charge in [-0.15, -0.1) is 0 Å². The number of amides is 1. The highest BCUT2D eigenvalue weighted by Gasteiger charge is 2.27. The summed E-state index contributed by atoms with van der Waals surface area (Å²) in [5.41, 5.74) is 2.95. The van der Waals surface area contributed by atoms with Gasteiger partial charge in [-0.3, -0.25) is 4.79 Å². The van der Waals surface area contributed by atoms with E-state index >= 15 is 0 Å². The lowest BCUT2D eigenvalue weighted by Crippen LogP contribution is -2.43. The minimum atomic E-state index is -3.23. The van der Waals surface area contributed by atoms with Crippen LogP contribution in [0.25, 0.3) is 0 Å². The summed E-state index contributed by atoms with van der Waals surface area (Å²) in [6.45, 7) is 5.70. The summed E-state index contributed by atoms with van der Waals surface area (Å²) in [4.78, 5) is 20.6. The molecule has 8 heteroatoms. The van der Waals surface area contributed by atoms with Gasteiger partial charge >= 0.3 is 0 Å². The van der Waals surface area contributed by atoms with Crippen LogP contribution in [0.4, 0.5) is 0 Å². The van der Waals surface area contributed by atoms with Gasteiger partial charge in [0.05, 0.1) is 11.8 Å². The van der Waals surface area contributed by atoms with Crippen molar-refractivity contribution < 1.29 is 13.2 Å². The molecule has 1 aliphatic heterocycles. The van der Waals surface area contributed by atoms with Gasteiger partial charge in [-0.25, -0.2) is 18.1 Å². The fourth-order valence-electron chi connectivity index (χ4n) is 3.51. The van der Waals surface area contributed by atoms with Crippen molar-refractivity contribution in [2.24, 2.45) is 5.92 Å². The number of sulfonamides is 1. The van der Waals surface area contributed by atoms with Crippen LogP contribution in [0.15, 0.2) is 46.5 Å². The maximum atomic E-state index is 13.2. The molecule has 29 heavy (non-hydrogen) atoms. The lowest BCUT2D eigenvalue weighted by Gasteiger charge is -2.33. The number of hydrogen-bond acceptors (Lipinski definition) is 5. The van der Waals surface area contributed by atoms with E-state index in [9.17, 15) is 13.2 Å². The summed E-state index contributed by atoms with van der Waals surface area (Å²) in [5.74, 6) is 0.0731. The van der Waals surface area contributed by atoms with Crippen molar-refractivity contribution in [3.05, 3.63) is 53.2 Å². The largest absolute Gasteiger partial charge is 0.338 e. The standard InChI is InChI=1S/C21H27N3O3S2/c1-15-8-9-19(16(2)12-15)28-20-18(7-4-10-22-20)21(25)24-11-5-6-17(14-24)13-23-29(3,26)27/h4,7-10,12,17,23H,5-6,11,13-14H2,1-3H3. The predicted octanol–water partition coefficient (Wildman–Crippen LogP) is 3.25. The van der Waals surface area contributed by atoms with Gasteiger partial charge in [0.25, 0.3) is 5.91 Å². The van der Waals surface area contributed by atoms with Crippen molar-refractivity contribution in [2.75, 3.05) is 25.9 Å². The molecule has 1 amide bonds. The van der Waals surface area contributed by atoms with E-state index in [0.29, 0.717) is 30.2 Å². The van der Waals surface area contributed by atoms with Gasteiger partial charge in [0.15, 0.2) is 0 Å². The first-order valence-electron chi connectivity index (χ1n) is 9.67. The van der Waals surface area contributed by atoms with Gasteiger partial charge in [-0.05, 0) is 56.4 Å². The van der Waals surface area contributed by atoms with E-state index in [-0.39, 0.29) is 11.8 Å². The van der Waals surface area contributed by atoms with Crippen molar-refractivity contribution in [3.63, 3.8) is 0 Å². The third-order valence-corrected chi connectivity index (χ3v) is 6.87. The molecule has 1 aromatic heterocycles. The van der Waals surface area contributed by atoms with E-state index in [1.807, 2.05) is 11.0 Å². The van der Waals surface area contributed by atoms with Crippen LogP contribution >= 0.6 is 11.8 Å². The Morgan fingerprint density at radius 1 is 1.31 bits per heavy atom. The summed E-state index contributed by atoms with van der Waals surface area (Å²) in [6, 6.07) is 9.85. The molecular weight excluding hydrogens is 406 g/mol. The number of pyridine rings is 1. The molecule has 6 nitrogen and oxygen atoms in total. The number of nitrogens with one attached hydrogen (secondary N) is 1. The Morgan fingerprint density at radius 2 is 2.10 bits per heavy atom. The van der Waals surface area contributed by atoms with E-state index in [4.69, 9.17) is 0 Å². The fourth-order valence-corrected chi connectivity index (χ4v) is 4.99. The third-order valence-electron chi connectivity index (χ3n) is 4.98. The van der Waals surface area contributed by atoms with Crippen LogP contribution in [0.5, 0.6) is 0 Å². The van der Waals surface area contributed by atoms with E-state index in [1.165, 1.54) is 17.3 Å². The highest BCUT2D eigenvalue weighted by Crippen LogP contribution is 2.32. The zero-order valence-electron chi connectivity index (χ0n) is 17.0. The quantitative estimate of drug-likeness (QED) is 0.756. The van der Waals surface area contributed by atoms with Gasteiger partial charge in [0.1, 0.15) is 5.03 Å². The molecule has 1 aromatic carbocycles. The van der Waals surface area contributed by atoms with Crippen LogP contribution in [0.3, 0.4) is 0 Å². The van der Waals surface area contributed by atoms with Crippen molar-refractivity contribution in [3.8, 4) is 0 Å². The number of likely N-dealkylation sites (tertiary alicyclic amines) is 1. The summed E-state index contributed by atoms with van der Waals surface area (Å²) < 4.78 is 25.3. The molecule has 1 atom stereocenters. The molecule has 0 spiro atoms. The van der Waals surface area contributed by atoms with Crippen LogP contribution in [0, 0.1) is 19.8 Å². The normalized spacial score (nSPS) is 17.3. The zero-order valence-corrected chi connectivity index (χ0v) is 18.6. The molecule has 1 aliphatic rings. The number of aromatic nitrogens is 1. The molecule has 2 heterocycles. The number of hydrogen-bond donors (Lipinski definition) is 1. The molecule has 1 N–H and O–H groups in total. The number of carbonyl (C=O) groups excluding carboxylic acids is 1. The Bertz CT molecular complexity index is 992. The smallest absolute Gasteiger partial charge is 0.256 e. The first-order chi connectivity index (χ1) is 13.7. The Labute approximate surface area is 177 Å². The SMILES string of the molecule is Cc1ccc(Sc2ncccc2C(=O)N2CCCC(CNS(C)(=O)=O)C2)c(C)c1. The van der Waals surface area contributed by atoms with Crippen LogP contribution < -0.4 is 4.72 Å². The highest BCUT2D eigenvalue weighted by atomic mass is 32.2. The number of rotatable bonds is 6. The van der Waals surface area contributed by atoms with Gasteiger partial charge in [0.2, 0.25) is 10.0 Å². The summed E-state index contributed by atoms with van der Waals surface area (Å²) in [7, 11) is -3.23. The first-order valence-corrected chi connectivity index (χ1v) is 12.4. The molecule has 0 radical (unpaired) electrons. The summed E-state index contributed by atoms with van der Waals surface area (Å²) >= 11 is 1.51. The molecule has 1 saturated heterocycles. The van der Waals surface area contributed by atoms with Gasteiger partial charge in [-0.2, -0.15) is 0 Å². The Hall–Kier alpha value is -1.90. The van der Waals surface area contributed by atoms with Gasteiger partial charge in [-0.1, -0.05) is 29.5 Å². The summed E-state index contributed by atoms with van der Waals surface area (Å²) in [6.07, 6.45) is 4.63. The van der Waals surface area contributed by atoms with Crippen LogP contribution in [0.2, 0.25) is 0 Å². The maximum Gasteiger partial charge on any atom is 0.256 e. The van der Waals surface area contributed by atoms with Crippen molar-refractivity contribution in [1.82, 2.24) is 14.6 Å². The number of piperidine rings is 1. The van der Waals surface area contributed by atoms with Crippen molar-refractivity contribution >= 4 is 27.7 Å². The Morgan fingerprint density at radius 3 is 2.83 bits per heavy atom. The predicted molar refractivity (Wildman–Crippen MR) is 116 cm³/mol. The fraction of sp³-hybridized carbons (Fsp3) is 0.429. The molecule has 2 aromatic rings. The Kier molecular flexibility index (Phi) is 6.97. The van der Waals surface area contributed by atoms with Crippen molar-refractivity contribution in [1.29, 1.82) is 0 Å². The second-order valence-corrected chi connectivity index (χ2v) is 10.5. The minimum absolute atomic E-state index is 0.0468. The second kappa shape index (κ2) is 9.28. The molecule has 1 fully saturated rings. The minimum Gasteiger partial charge on any atom is -0.338 e. The molecular formula is C21H27N3O3S2. The molecule has 1 unspecified atom stereocenters. The average molecular weight is 434 g/mol. The van der Waals surface area contributed by atoms with Gasteiger partial charge < -0.3 is 4.90 Å². The monoisotopic (exact) mass is 433 g/mol. The Balaban J connectivity index is 1.75. The van der Waals surface area contributed by atoms with Crippen LogP contribution in [0.1, 0.15) is 34.3 Å². The van der Waals surface area contributed by atoms with Crippen LogP contribution in [-0.2, 0) is 10.0 Å². The topological polar surface area (TPSA) is 79.4 Å². The number of carbonyl (C=O) groups is 1. The molecule has 0 bridgehead atoms. The second-order valence-electron chi connectivity index (χ2n) is 7.61. The van der Waals surface area contributed by atoms with E-state index in [2.05, 4.69) is 41.8 Å². The van der Waals surface area contributed by atoms with Crippen LogP contribution in [-0.4, -0.2) is 50.1 Å². The first kappa shape index (κ1) is 21.8. The maximum absolute atomic E-state index is 13.2. The molecule has 0 aliphatic carbocycles. The lowest BCUT2D eigenvalue weighted by molar-refractivity contribution is 0.0672. The number of nitrogens with zero attached hydrogens (tertiary/aromatic N) is 2. The van der Waals surface area contributed by atoms with E-state index in [1.54, 1.807) is 12.3 Å². The number of aryl methyl sites for hydroxylation is 2. The molecule has 156 valence electrons. The number of benzene rings is 1. The van der Waals surface area contributed by atoms with E-state index in [0.717, 1.165) is 29.6 Å². The van der Waals surface area contributed by atoms with Crippen molar-refractivity contribution in [2.45, 2.75) is 36.6 Å². The third kappa shape index (κ3) is 6.04.